The molecule has 0 bridgehead atoms. The monoisotopic (exact) mass is 463 g/mol. The lowest BCUT2D eigenvalue weighted by Gasteiger charge is -2.14. The predicted molar refractivity (Wildman–Crippen MR) is 133 cm³/mol. The van der Waals surface area contributed by atoms with Gasteiger partial charge < -0.3 is 10.6 Å². The van der Waals surface area contributed by atoms with Crippen LogP contribution in [-0.2, 0) is 0 Å². The Morgan fingerprint density at radius 1 is 0.743 bits per heavy atom. The number of carbonyl (C=O) groups excluding carboxylic acids is 3. The molecule has 0 saturated heterocycles. The van der Waals surface area contributed by atoms with Gasteiger partial charge in [-0.15, -0.1) is 0 Å². The summed E-state index contributed by atoms with van der Waals surface area (Å²) in [7, 11) is 0. The van der Waals surface area contributed by atoms with Crippen molar-refractivity contribution in [3.8, 4) is 0 Å². The molecule has 1 aliphatic rings. The minimum atomic E-state index is -0.375. The van der Waals surface area contributed by atoms with E-state index in [1.54, 1.807) is 60.7 Å². The standard InChI is InChI=1S/C27H21N5O3/c1-16-14-17(2)29-27(28-16)31-20-7-5-6-19(15-20)30-24(33)18-10-12-21(13-11-18)32-25(34)22-8-3-4-9-23(22)26(32)35/h3-15H,1-2H3,(H,30,33)(H,28,29,31). The topological polar surface area (TPSA) is 104 Å². The molecule has 0 fully saturated rings. The lowest BCUT2D eigenvalue weighted by atomic mass is 10.1. The zero-order valence-corrected chi connectivity index (χ0v) is 19.1. The summed E-state index contributed by atoms with van der Waals surface area (Å²) in [5.74, 6) is -0.590. The van der Waals surface area contributed by atoms with Gasteiger partial charge in [-0.2, -0.15) is 0 Å². The summed E-state index contributed by atoms with van der Waals surface area (Å²) in [6.45, 7) is 3.80. The molecule has 4 aromatic rings. The fraction of sp³-hybridized carbons (Fsp3) is 0.0741. The van der Waals surface area contributed by atoms with Gasteiger partial charge in [0.25, 0.3) is 17.7 Å². The molecule has 0 saturated carbocycles. The molecule has 8 heteroatoms. The van der Waals surface area contributed by atoms with Crippen LogP contribution in [0.25, 0.3) is 0 Å². The Morgan fingerprint density at radius 3 is 1.97 bits per heavy atom. The summed E-state index contributed by atoms with van der Waals surface area (Å²) >= 11 is 0. The first kappa shape index (κ1) is 22.0. The molecular weight excluding hydrogens is 442 g/mol. The van der Waals surface area contributed by atoms with Gasteiger partial charge in [-0.1, -0.05) is 18.2 Å². The van der Waals surface area contributed by atoms with E-state index in [4.69, 9.17) is 0 Å². The minimum Gasteiger partial charge on any atom is -0.324 e. The number of carbonyl (C=O) groups is 3. The molecule has 3 amide bonds. The number of amides is 3. The van der Waals surface area contributed by atoms with Gasteiger partial charge in [-0.05, 0) is 74.5 Å². The second-order valence-electron chi connectivity index (χ2n) is 8.17. The molecule has 172 valence electrons. The van der Waals surface area contributed by atoms with Gasteiger partial charge in [0.2, 0.25) is 5.95 Å². The van der Waals surface area contributed by atoms with Crippen molar-refractivity contribution in [2.45, 2.75) is 13.8 Å². The Balaban J connectivity index is 1.29. The molecule has 8 nitrogen and oxygen atoms in total. The Labute approximate surface area is 201 Å². The smallest absolute Gasteiger partial charge is 0.266 e. The third-order valence-electron chi connectivity index (χ3n) is 5.54. The Hall–Kier alpha value is -4.85. The Bertz CT molecular complexity index is 1430. The number of aromatic nitrogens is 2. The van der Waals surface area contributed by atoms with Gasteiger partial charge >= 0.3 is 0 Å². The number of benzene rings is 3. The SMILES string of the molecule is Cc1cc(C)nc(Nc2cccc(NC(=O)c3ccc(N4C(=O)c5ccccc5C4=O)cc3)c2)n1. The normalized spacial score (nSPS) is 12.5. The van der Waals surface area contributed by atoms with E-state index in [2.05, 4.69) is 20.6 Å². The Morgan fingerprint density at radius 2 is 1.34 bits per heavy atom. The third-order valence-corrected chi connectivity index (χ3v) is 5.54. The maximum absolute atomic E-state index is 12.8. The average molecular weight is 463 g/mol. The van der Waals surface area contributed by atoms with E-state index in [0.29, 0.717) is 34.0 Å². The number of hydrogen-bond donors (Lipinski definition) is 2. The quantitative estimate of drug-likeness (QED) is 0.409. The van der Waals surface area contributed by atoms with Crippen molar-refractivity contribution in [1.29, 1.82) is 0 Å². The molecule has 5 rings (SSSR count). The van der Waals surface area contributed by atoms with Crippen LogP contribution in [0.1, 0.15) is 42.5 Å². The van der Waals surface area contributed by atoms with Gasteiger partial charge in [0.05, 0.1) is 16.8 Å². The zero-order valence-electron chi connectivity index (χ0n) is 19.1. The molecular formula is C27H21N5O3. The van der Waals surface area contributed by atoms with Crippen LogP contribution in [0.3, 0.4) is 0 Å². The summed E-state index contributed by atoms with van der Waals surface area (Å²) in [4.78, 5) is 48.0. The van der Waals surface area contributed by atoms with Crippen LogP contribution in [0.5, 0.6) is 0 Å². The zero-order chi connectivity index (χ0) is 24.5. The molecule has 0 unspecified atom stereocenters. The summed E-state index contributed by atoms with van der Waals surface area (Å²) in [5, 5.41) is 6.01. The first-order chi connectivity index (χ1) is 16.9. The number of aryl methyl sites for hydroxylation is 2. The van der Waals surface area contributed by atoms with Crippen LogP contribution in [0.2, 0.25) is 0 Å². The van der Waals surface area contributed by atoms with E-state index in [1.807, 2.05) is 32.0 Å². The summed E-state index contributed by atoms with van der Waals surface area (Å²) in [6.07, 6.45) is 0. The molecule has 35 heavy (non-hydrogen) atoms. The van der Waals surface area contributed by atoms with Crippen molar-refractivity contribution < 1.29 is 14.4 Å². The highest BCUT2D eigenvalue weighted by atomic mass is 16.2. The first-order valence-corrected chi connectivity index (χ1v) is 11.0. The molecule has 1 aliphatic heterocycles. The molecule has 0 spiro atoms. The number of anilines is 4. The fourth-order valence-electron chi connectivity index (χ4n) is 3.97. The van der Waals surface area contributed by atoms with Gasteiger partial charge in [0.1, 0.15) is 0 Å². The van der Waals surface area contributed by atoms with E-state index in [0.717, 1.165) is 22.0 Å². The van der Waals surface area contributed by atoms with Crippen LogP contribution < -0.4 is 15.5 Å². The number of rotatable bonds is 5. The maximum atomic E-state index is 12.8. The number of imide groups is 1. The van der Waals surface area contributed by atoms with Gasteiger partial charge in [0.15, 0.2) is 0 Å². The number of nitrogens with one attached hydrogen (secondary N) is 2. The van der Waals surface area contributed by atoms with E-state index in [1.165, 1.54) is 0 Å². The van der Waals surface area contributed by atoms with Crippen molar-refractivity contribution in [2.24, 2.45) is 0 Å². The van der Waals surface area contributed by atoms with Crippen LogP contribution in [0.4, 0.5) is 23.0 Å². The summed E-state index contributed by atoms with van der Waals surface area (Å²) in [6, 6.07) is 22.2. The van der Waals surface area contributed by atoms with E-state index >= 15 is 0 Å². The number of hydrogen-bond acceptors (Lipinski definition) is 6. The third kappa shape index (κ3) is 4.37. The second kappa shape index (κ2) is 8.83. The summed E-state index contributed by atoms with van der Waals surface area (Å²) < 4.78 is 0. The molecule has 0 atom stereocenters. The fourth-order valence-corrected chi connectivity index (χ4v) is 3.97. The molecule has 2 heterocycles. The minimum absolute atomic E-state index is 0.321. The number of fused-ring (bicyclic) bond motifs is 1. The van der Waals surface area contributed by atoms with Crippen molar-refractivity contribution in [2.75, 3.05) is 15.5 Å². The molecule has 2 N–H and O–H groups in total. The molecule has 0 radical (unpaired) electrons. The van der Waals surface area contributed by atoms with E-state index in [9.17, 15) is 14.4 Å². The molecule has 0 aliphatic carbocycles. The number of nitrogens with zero attached hydrogens (tertiary/aromatic N) is 3. The van der Waals surface area contributed by atoms with Crippen LogP contribution in [0, 0.1) is 13.8 Å². The van der Waals surface area contributed by atoms with Crippen molar-refractivity contribution in [3.63, 3.8) is 0 Å². The van der Waals surface area contributed by atoms with Crippen LogP contribution in [0.15, 0.2) is 78.9 Å². The van der Waals surface area contributed by atoms with E-state index in [-0.39, 0.29) is 17.7 Å². The van der Waals surface area contributed by atoms with Gasteiger partial charge in [-0.3, -0.25) is 14.4 Å². The molecule has 3 aromatic carbocycles. The highest BCUT2D eigenvalue weighted by Crippen LogP contribution is 2.28. The lowest BCUT2D eigenvalue weighted by Crippen LogP contribution is -2.29. The van der Waals surface area contributed by atoms with E-state index < -0.39 is 0 Å². The maximum Gasteiger partial charge on any atom is 0.266 e. The average Bonchev–Trinajstić information content (AvgIpc) is 3.09. The second-order valence-corrected chi connectivity index (χ2v) is 8.17. The lowest BCUT2D eigenvalue weighted by molar-refractivity contribution is 0.0925. The first-order valence-electron chi connectivity index (χ1n) is 11.0. The molecule has 1 aromatic heterocycles. The van der Waals surface area contributed by atoms with Crippen LogP contribution >= 0.6 is 0 Å². The van der Waals surface area contributed by atoms with Crippen LogP contribution in [-0.4, -0.2) is 27.7 Å². The highest BCUT2D eigenvalue weighted by Gasteiger charge is 2.36. The largest absolute Gasteiger partial charge is 0.324 e. The van der Waals surface area contributed by atoms with Gasteiger partial charge in [0, 0.05) is 28.3 Å². The van der Waals surface area contributed by atoms with Crippen molar-refractivity contribution >= 4 is 40.7 Å². The Kier molecular flexibility index (Phi) is 5.54. The van der Waals surface area contributed by atoms with Gasteiger partial charge in [-0.25, -0.2) is 14.9 Å². The summed E-state index contributed by atoms with van der Waals surface area (Å²) in [5.41, 5.74) is 4.58. The van der Waals surface area contributed by atoms with Crippen molar-refractivity contribution in [3.05, 3.63) is 107 Å². The predicted octanol–water partition coefficient (Wildman–Crippen LogP) is 4.89. The highest BCUT2D eigenvalue weighted by molar-refractivity contribution is 6.34. The van der Waals surface area contributed by atoms with Crippen molar-refractivity contribution in [1.82, 2.24) is 9.97 Å².